The number of hydrogen-bond donors (Lipinski definition) is 1. The molecule has 1 aromatic rings. The summed E-state index contributed by atoms with van der Waals surface area (Å²) in [7, 11) is 0. The van der Waals surface area contributed by atoms with Gasteiger partial charge in [0.15, 0.2) is 0 Å². The van der Waals surface area contributed by atoms with Crippen molar-refractivity contribution < 1.29 is 4.79 Å². The molecule has 2 fully saturated rings. The van der Waals surface area contributed by atoms with Crippen molar-refractivity contribution in [3.05, 3.63) is 33.8 Å². The van der Waals surface area contributed by atoms with Crippen molar-refractivity contribution >= 4 is 34.8 Å². The van der Waals surface area contributed by atoms with E-state index in [-0.39, 0.29) is 5.91 Å². The molecule has 19 heavy (non-hydrogen) atoms. The Labute approximate surface area is 122 Å². The first-order chi connectivity index (χ1) is 9.13. The van der Waals surface area contributed by atoms with Gasteiger partial charge in [-0.05, 0) is 55.7 Å². The van der Waals surface area contributed by atoms with Crippen molar-refractivity contribution in [1.82, 2.24) is 5.43 Å². The predicted molar refractivity (Wildman–Crippen MR) is 76.8 cm³/mol. The quantitative estimate of drug-likeness (QED) is 0.826. The van der Waals surface area contributed by atoms with Crippen LogP contribution in [0.15, 0.2) is 23.3 Å². The topological polar surface area (TPSA) is 41.5 Å². The number of nitrogens with zero attached hydrogens (tertiary/aromatic N) is 1. The highest BCUT2D eigenvalue weighted by molar-refractivity contribution is 6.42. The van der Waals surface area contributed by atoms with Gasteiger partial charge in [0.05, 0.1) is 10.0 Å². The van der Waals surface area contributed by atoms with Crippen LogP contribution in [0.25, 0.3) is 0 Å². The molecular weight excluding hydrogens is 283 g/mol. The fraction of sp³-hybridized carbons (Fsp3) is 0.429. The molecule has 3 nitrogen and oxygen atoms in total. The molecule has 2 saturated carbocycles. The van der Waals surface area contributed by atoms with E-state index in [9.17, 15) is 4.79 Å². The van der Waals surface area contributed by atoms with E-state index in [4.69, 9.17) is 23.2 Å². The first-order valence-electron chi connectivity index (χ1n) is 6.45. The van der Waals surface area contributed by atoms with Gasteiger partial charge in [-0.25, -0.2) is 5.43 Å². The summed E-state index contributed by atoms with van der Waals surface area (Å²) in [5.74, 6) is 1.12. The van der Waals surface area contributed by atoms with Crippen LogP contribution in [0.5, 0.6) is 0 Å². The number of benzene rings is 1. The summed E-state index contributed by atoms with van der Waals surface area (Å²) in [6, 6.07) is 4.81. The summed E-state index contributed by atoms with van der Waals surface area (Å²) in [4.78, 5) is 12.0. The number of nitrogens with one attached hydrogen (secondary N) is 1. The van der Waals surface area contributed by atoms with Gasteiger partial charge in [-0.15, -0.1) is 0 Å². The molecule has 0 heterocycles. The number of hydrogen-bond acceptors (Lipinski definition) is 2. The number of amides is 1. The first kappa shape index (κ1) is 12.9. The number of rotatable bonds is 2. The van der Waals surface area contributed by atoms with E-state index in [1.165, 1.54) is 19.3 Å². The Bertz CT molecular complexity index is 556. The maximum Gasteiger partial charge on any atom is 0.271 e. The molecule has 0 aromatic heterocycles. The van der Waals surface area contributed by atoms with E-state index >= 15 is 0 Å². The number of carbonyl (C=O) groups excluding carboxylic acids is 1. The Morgan fingerprint density at radius 1 is 1.26 bits per heavy atom. The Balaban J connectivity index is 1.68. The van der Waals surface area contributed by atoms with E-state index < -0.39 is 0 Å². The standard InChI is InChI=1S/C14H14Cl2N2O/c15-11-4-3-10(7-12(11)16)14(19)18-17-13-6-8-1-2-9(13)5-8/h3-4,7-9H,1-2,5-6H2,(H,18,19)/b17-13-. The molecule has 3 rings (SSSR count). The minimum Gasteiger partial charge on any atom is -0.267 e. The van der Waals surface area contributed by atoms with Crippen LogP contribution in [0, 0.1) is 11.8 Å². The van der Waals surface area contributed by atoms with Gasteiger partial charge in [-0.2, -0.15) is 5.10 Å². The third kappa shape index (κ3) is 2.63. The van der Waals surface area contributed by atoms with Crippen molar-refractivity contribution in [2.75, 3.05) is 0 Å². The van der Waals surface area contributed by atoms with Crippen LogP contribution in [0.4, 0.5) is 0 Å². The highest BCUT2D eigenvalue weighted by Crippen LogP contribution is 2.42. The SMILES string of the molecule is O=C(N/N=C1/CC2CCC1C2)c1ccc(Cl)c(Cl)c1. The normalized spacial score (nSPS) is 26.9. The zero-order valence-electron chi connectivity index (χ0n) is 10.3. The largest absolute Gasteiger partial charge is 0.271 e. The van der Waals surface area contributed by atoms with Gasteiger partial charge < -0.3 is 0 Å². The second kappa shape index (κ2) is 5.14. The monoisotopic (exact) mass is 296 g/mol. The number of halogens is 2. The van der Waals surface area contributed by atoms with E-state index in [0.29, 0.717) is 21.5 Å². The average molecular weight is 297 g/mol. The summed E-state index contributed by atoms with van der Waals surface area (Å²) >= 11 is 11.7. The third-order valence-electron chi connectivity index (χ3n) is 3.99. The van der Waals surface area contributed by atoms with Gasteiger partial charge >= 0.3 is 0 Å². The van der Waals surface area contributed by atoms with Crippen molar-refractivity contribution in [2.45, 2.75) is 25.7 Å². The molecule has 1 N–H and O–H groups in total. The summed E-state index contributed by atoms with van der Waals surface area (Å²) in [6.45, 7) is 0. The highest BCUT2D eigenvalue weighted by Gasteiger charge is 2.36. The van der Waals surface area contributed by atoms with Crippen molar-refractivity contribution in [3.63, 3.8) is 0 Å². The van der Waals surface area contributed by atoms with Crippen LogP contribution in [-0.4, -0.2) is 11.6 Å². The van der Waals surface area contributed by atoms with Crippen LogP contribution < -0.4 is 5.43 Å². The zero-order chi connectivity index (χ0) is 13.4. The molecule has 1 amide bonds. The van der Waals surface area contributed by atoms with Gasteiger partial charge in [0.1, 0.15) is 0 Å². The molecule has 2 atom stereocenters. The van der Waals surface area contributed by atoms with E-state index in [1.54, 1.807) is 18.2 Å². The third-order valence-corrected chi connectivity index (χ3v) is 4.73. The van der Waals surface area contributed by atoms with Crippen LogP contribution in [0.1, 0.15) is 36.0 Å². The molecule has 100 valence electrons. The zero-order valence-corrected chi connectivity index (χ0v) is 11.8. The second-order valence-electron chi connectivity index (χ2n) is 5.25. The van der Waals surface area contributed by atoms with Gasteiger partial charge in [-0.3, -0.25) is 4.79 Å². The minimum absolute atomic E-state index is 0.242. The van der Waals surface area contributed by atoms with Crippen molar-refractivity contribution in [1.29, 1.82) is 0 Å². The van der Waals surface area contributed by atoms with Crippen LogP contribution in [0.2, 0.25) is 10.0 Å². The molecule has 0 radical (unpaired) electrons. The van der Waals surface area contributed by atoms with Gasteiger partial charge in [0.25, 0.3) is 5.91 Å². The molecule has 2 unspecified atom stereocenters. The molecule has 2 aliphatic carbocycles. The highest BCUT2D eigenvalue weighted by atomic mass is 35.5. The first-order valence-corrected chi connectivity index (χ1v) is 7.21. The molecular formula is C14H14Cl2N2O. The number of hydrazone groups is 1. The lowest BCUT2D eigenvalue weighted by Crippen LogP contribution is -2.21. The Hall–Kier alpha value is -1.06. The van der Waals surface area contributed by atoms with E-state index in [2.05, 4.69) is 10.5 Å². The van der Waals surface area contributed by atoms with Gasteiger partial charge in [-0.1, -0.05) is 23.2 Å². The van der Waals surface area contributed by atoms with Gasteiger partial charge in [0.2, 0.25) is 0 Å². The maximum atomic E-state index is 12.0. The lowest BCUT2D eigenvalue weighted by Gasteiger charge is -2.11. The fourth-order valence-electron chi connectivity index (χ4n) is 2.99. The van der Waals surface area contributed by atoms with E-state index in [0.717, 1.165) is 18.1 Å². The maximum absolute atomic E-state index is 12.0. The van der Waals surface area contributed by atoms with Crippen molar-refractivity contribution in [2.24, 2.45) is 16.9 Å². The minimum atomic E-state index is -0.242. The molecule has 1 aromatic carbocycles. The number of fused-ring (bicyclic) bond motifs is 2. The Morgan fingerprint density at radius 2 is 2.11 bits per heavy atom. The summed E-state index contributed by atoms with van der Waals surface area (Å²) < 4.78 is 0. The lowest BCUT2D eigenvalue weighted by molar-refractivity contribution is 0.0954. The Kier molecular flexibility index (Phi) is 3.50. The fourth-order valence-corrected chi connectivity index (χ4v) is 3.28. The smallest absolute Gasteiger partial charge is 0.267 e. The Morgan fingerprint density at radius 3 is 2.74 bits per heavy atom. The predicted octanol–water partition coefficient (Wildman–Crippen LogP) is 3.90. The van der Waals surface area contributed by atoms with Crippen LogP contribution in [0.3, 0.4) is 0 Å². The summed E-state index contributed by atoms with van der Waals surface area (Å²) in [5.41, 5.74) is 4.24. The molecule has 2 aliphatic rings. The number of carbonyl (C=O) groups is 1. The molecule has 0 aliphatic heterocycles. The molecule has 0 saturated heterocycles. The van der Waals surface area contributed by atoms with Crippen LogP contribution in [-0.2, 0) is 0 Å². The summed E-state index contributed by atoms with van der Waals surface area (Å²) in [5, 5.41) is 5.09. The lowest BCUT2D eigenvalue weighted by atomic mass is 9.99. The van der Waals surface area contributed by atoms with Crippen LogP contribution >= 0.6 is 23.2 Å². The van der Waals surface area contributed by atoms with E-state index in [1.807, 2.05) is 0 Å². The average Bonchev–Trinajstić information content (AvgIpc) is 3.01. The molecule has 0 spiro atoms. The summed E-state index contributed by atoms with van der Waals surface area (Å²) in [6.07, 6.45) is 4.80. The molecule has 2 bridgehead atoms. The van der Waals surface area contributed by atoms with Crippen molar-refractivity contribution in [3.8, 4) is 0 Å². The van der Waals surface area contributed by atoms with Gasteiger partial charge in [0, 0.05) is 11.3 Å². The second-order valence-corrected chi connectivity index (χ2v) is 6.07. The molecule has 5 heteroatoms.